The normalized spacial score (nSPS) is 18.0. The molecule has 0 amide bonds. The van der Waals surface area contributed by atoms with Crippen molar-refractivity contribution in [1.29, 1.82) is 0 Å². The molecule has 1 unspecified atom stereocenters. The second kappa shape index (κ2) is 6.57. The number of nitrogens with zero attached hydrogens (tertiary/aromatic N) is 5. The predicted molar refractivity (Wildman–Crippen MR) is 99.6 cm³/mol. The van der Waals surface area contributed by atoms with Gasteiger partial charge >= 0.3 is 0 Å². The van der Waals surface area contributed by atoms with E-state index in [1.165, 1.54) is 11.3 Å². The van der Waals surface area contributed by atoms with Crippen LogP contribution in [-0.4, -0.2) is 62.7 Å². The molecule has 3 heterocycles. The molecule has 25 heavy (non-hydrogen) atoms. The van der Waals surface area contributed by atoms with Crippen LogP contribution in [0.5, 0.6) is 5.06 Å². The Hall–Kier alpha value is -1.67. The Morgan fingerprint density at radius 2 is 1.84 bits per heavy atom. The van der Waals surface area contributed by atoms with E-state index in [9.17, 15) is 5.11 Å². The summed E-state index contributed by atoms with van der Waals surface area (Å²) in [5.74, 6) is 0.709. The molecule has 1 saturated heterocycles. The summed E-state index contributed by atoms with van der Waals surface area (Å²) in [6.45, 7) is 5.71. The lowest BCUT2D eigenvalue weighted by atomic mass is 10.0. The molecule has 0 radical (unpaired) electrons. The Kier molecular flexibility index (Phi) is 4.41. The first-order valence-electron chi connectivity index (χ1n) is 8.26. The van der Waals surface area contributed by atoms with Crippen molar-refractivity contribution in [2.75, 3.05) is 33.2 Å². The molecule has 2 aromatic heterocycles. The number of halogens is 1. The molecule has 8 heteroatoms. The number of thiazole rings is 1. The van der Waals surface area contributed by atoms with E-state index in [0.29, 0.717) is 10.8 Å². The molecule has 6 nitrogen and oxygen atoms in total. The number of hydrogen-bond acceptors (Lipinski definition) is 6. The smallest absolute Gasteiger partial charge is 0.215 e. The number of aromatic hydroxyl groups is 1. The molecule has 0 aliphatic carbocycles. The van der Waals surface area contributed by atoms with Crippen LogP contribution in [0.25, 0.3) is 4.96 Å². The van der Waals surface area contributed by atoms with E-state index in [2.05, 4.69) is 26.9 Å². The summed E-state index contributed by atoms with van der Waals surface area (Å²) >= 11 is 7.35. The predicted octanol–water partition coefficient (Wildman–Crippen LogP) is 2.80. The van der Waals surface area contributed by atoms with Gasteiger partial charge in [-0.15, -0.1) is 0 Å². The lowest BCUT2D eigenvalue weighted by Gasteiger charge is -2.37. The van der Waals surface area contributed by atoms with Crippen LogP contribution in [-0.2, 0) is 0 Å². The van der Waals surface area contributed by atoms with E-state index < -0.39 is 0 Å². The fraction of sp³-hybridized carbons (Fsp3) is 0.412. The van der Waals surface area contributed by atoms with Crippen LogP contribution in [0.4, 0.5) is 0 Å². The zero-order valence-electron chi connectivity index (χ0n) is 14.2. The maximum Gasteiger partial charge on any atom is 0.215 e. The lowest BCUT2D eigenvalue weighted by Crippen LogP contribution is -2.46. The van der Waals surface area contributed by atoms with Gasteiger partial charge < -0.3 is 10.0 Å². The minimum atomic E-state index is -0.0826. The highest BCUT2D eigenvalue weighted by Gasteiger charge is 2.31. The first-order chi connectivity index (χ1) is 12.0. The average Bonchev–Trinajstić information content (AvgIpc) is 3.07. The molecule has 1 aromatic carbocycles. The van der Waals surface area contributed by atoms with E-state index in [-0.39, 0.29) is 11.1 Å². The minimum Gasteiger partial charge on any atom is -0.498 e. The molecule has 1 aliphatic rings. The third-order valence-corrected chi connectivity index (χ3v) is 5.77. The van der Waals surface area contributed by atoms with E-state index in [1.807, 2.05) is 31.2 Å². The number of fused-ring (bicyclic) bond motifs is 1. The van der Waals surface area contributed by atoms with E-state index in [1.54, 1.807) is 4.52 Å². The van der Waals surface area contributed by atoms with Crippen LogP contribution in [0.15, 0.2) is 24.3 Å². The van der Waals surface area contributed by atoms with Crippen LogP contribution in [0.2, 0.25) is 5.02 Å². The Bertz CT molecular complexity index is 882. The molecule has 1 atom stereocenters. The number of rotatable bonds is 3. The second-order valence-corrected chi connectivity index (χ2v) is 7.83. The van der Waals surface area contributed by atoms with Gasteiger partial charge in [0, 0.05) is 31.2 Å². The lowest BCUT2D eigenvalue weighted by molar-refractivity contribution is 0.123. The molecule has 0 saturated carbocycles. The molecule has 4 rings (SSSR count). The first-order valence-corrected chi connectivity index (χ1v) is 9.45. The largest absolute Gasteiger partial charge is 0.498 e. The monoisotopic (exact) mass is 377 g/mol. The highest BCUT2D eigenvalue weighted by Crippen LogP contribution is 2.39. The topological polar surface area (TPSA) is 56.9 Å². The first kappa shape index (κ1) is 16.8. The number of likely N-dealkylation sites (N-methyl/N-ethyl adjacent to an activating group) is 1. The summed E-state index contributed by atoms with van der Waals surface area (Å²) in [6, 6.07) is 7.76. The summed E-state index contributed by atoms with van der Waals surface area (Å²) in [5, 5.41) is 16.1. The van der Waals surface area contributed by atoms with Crippen LogP contribution < -0.4 is 0 Å². The van der Waals surface area contributed by atoms with Crippen molar-refractivity contribution in [3.05, 3.63) is 46.4 Å². The second-order valence-electron chi connectivity index (χ2n) is 6.44. The third-order valence-electron chi connectivity index (χ3n) is 4.67. The molecule has 1 N–H and O–H groups in total. The van der Waals surface area contributed by atoms with Gasteiger partial charge in [0.2, 0.25) is 4.96 Å². The summed E-state index contributed by atoms with van der Waals surface area (Å²) in [6.07, 6.45) is 0. The zero-order chi connectivity index (χ0) is 17.6. The van der Waals surface area contributed by atoms with Gasteiger partial charge in [0.05, 0.1) is 6.04 Å². The molecular weight excluding hydrogens is 358 g/mol. The minimum absolute atomic E-state index is 0.0826. The summed E-state index contributed by atoms with van der Waals surface area (Å²) in [4.78, 5) is 9.83. The van der Waals surface area contributed by atoms with Crippen molar-refractivity contribution in [1.82, 2.24) is 24.4 Å². The average molecular weight is 378 g/mol. The number of benzene rings is 1. The van der Waals surface area contributed by atoms with Crippen molar-refractivity contribution in [2.45, 2.75) is 13.0 Å². The van der Waals surface area contributed by atoms with Crippen LogP contribution in [0.1, 0.15) is 23.1 Å². The fourth-order valence-electron chi connectivity index (χ4n) is 3.35. The van der Waals surface area contributed by atoms with Crippen LogP contribution in [0.3, 0.4) is 0 Å². The van der Waals surface area contributed by atoms with Gasteiger partial charge in [-0.25, -0.2) is 9.50 Å². The fourth-order valence-corrected chi connectivity index (χ4v) is 4.35. The van der Waals surface area contributed by atoms with Crippen molar-refractivity contribution in [3.63, 3.8) is 0 Å². The maximum atomic E-state index is 10.6. The number of aryl methyl sites for hydroxylation is 1. The van der Waals surface area contributed by atoms with E-state index >= 15 is 0 Å². The summed E-state index contributed by atoms with van der Waals surface area (Å²) < 4.78 is 1.78. The van der Waals surface area contributed by atoms with Crippen molar-refractivity contribution < 1.29 is 5.11 Å². The van der Waals surface area contributed by atoms with E-state index in [4.69, 9.17) is 11.6 Å². The number of aromatic nitrogens is 3. The quantitative estimate of drug-likeness (QED) is 0.760. The number of piperazine rings is 1. The van der Waals surface area contributed by atoms with E-state index in [0.717, 1.165) is 42.4 Å². The molecule has 3 aromatic rings. The number of hydrogen-bond donors (Lipinski definition) is 1. The van der Waals surface area contributed by atoms with Crippen molar-refractivity contribution >= 4 is 27.9 Å². The molecule has 0 spiro atoms. The maximum absolute atomic E-state index is 10.6. The van der Waals surface area contributed by atoms with Crippen molar-refractivity contribution in [3.8, 4) is 5.06 Å². The summed E-state index contributed by atoms with van der Waals surface area (Å²) in [5.41, 5.74) is 1.88. The third kappa shape index (κ3) is 3.13. The zero-order valence-corrected chi connectivity index (χ0v) is 15.8. The Labute approximate surface area is 155 Å². The summed E-state index contributed by atoms with van der Waals surface area (Å²) in [7, 11) is 2.13. The molecule has 1 aliphatic heterocycles. The Morgan fingerprint density at radius 1 is 1.16 bits per heavy atom. The van der Waals surface area contributed by atoms with Gasteiger partial charge in [-0.1, -0.05) is 35.1 Å². The van der Waals surface area contributed by atoms with Gasteiger partial charge in [0.1, 0.15) is 11.5 Å². The van der Waals surface area contributed by atoms with Gasteiger partial charge in [-0.05, 0) is 31.7 Å². The SMILES string of the molecule is Cc1nc2sc(O)c(C(c3ccc(Cl)cc3)N3CCN(C)CC3)n2n1. The van der Waals surface area contributed by atoms with Gasteiger partial charge in [0.25, 0.3) is 0 Å². The van der Waals surface area contributed by atoms with Crippen LogP contribution >= 0.6 is 22.9 Å². The highest BCUT2D eigenvalue weighted by atomic mass is 35.5. The molecule has 0 bridgehead atoms. The Morgan fingerprint density at radius 3 is 2.52 bits per heavy atom. The van der Waals surface area contributed by atoms with Crippen molar-refractivity contribution in [2.24, 2.45) is 0 Å². The molecular formula is C17H20ClN5OS. The van der Waals surface area contributed by atoms with Gasteiger partial charge in [0.15, 0.2) is 5.06 Å². The van der Waals surface area contributed by atoms with Gasteiger partial charge in [-0.3, -0.25) is 4.90 Å². The molecule has 132 valence electrons. The Balaban J connectivity index is 1.84. The molecule has 1 fully saturated rings. The van der Waals surface area contributed by atoms with Crippen LogP contribution in [0, 0.1) is 6.92 Å². The van der Waals surface area contributed by atoms with Gasteiger partial charge in [-0.2, -0.15) is 5.10 Å². The standard InChI is InChI=1S/C17H20ClN5OS/c1-11-19-17-23(20-11)15(16(24)25-17)14(12-3-5-13(18)6-4-12)22-9-7-21(2)8-10-22/h3-6,14,24H,7-10H2,1-2H3. The highest BCUT2D eigenvalue weighted by molar-refractivity contribution is 7.18.